The van der Waals surface area contributed by atoms with Crippen molar-refractivity contribution in [2.24, 2.45) is 0 Å². The van der Waals surface area contributed by atoms with Gasteiger partial charge in [-0.1, -0.05) is 0 Å². The maximum Gasteiger partial charge on any atom is 0.281 e. The summed E-state index contributed by atoms with van der Waals surface area (Å²) in [7, 11) is 1.50. The van der Waals surface area contributed by atoms with Crippen molar-refractivity contribution in [3.63, 3.8) is 0 Å². The van der Waals surface area contributed by atoms with Crippen LogP contribution >= 0.6 is 0 Å². The number of aromatic hydroxyl groups is 1. The van der Waals surface area contributed by atoms with Crippen molar-refractivity contribution in [2.75, 3.05) is 20.3 Å². The fourth-order valence-corrected chi connectivity index (χ4v) is 1.71. The van der Waals surface area contributed by atoms with E-state index in [4.69, 9.17) is 9.57 Å². The van der Waals surface area contributed by atoms with Crippen molar-refractivity contribution in [3.05, 3.63) is 23.8 Å². The normalized spacial score (nSPS) is 15.7. The molecule has 0 spiro atoms. The van der Waals surface area contributed by atoms with E-state index in [1.54, 1.807) is 6.07 Å². The first-order valence-electron chi connectivity index (χ1n) is 5.54. The third-order valence-corrected chi connectivity index (χ3v) is 2.66. The number of methoxy groups -OCH3 is 1. The summed E-state index contributed by atoms with van der Waals surface area (Å²) >= 11 is 0. The van der Waals surface area contributed by atoms with Crippen LogP contribution in [0.2, 0.25) is 0 Å². The van der Waals surface area contributed by atoms with Crippen molar-refractivity contribution in [2.45, 2.75) is 12.8 Å². The van der Waals surface area contributed by atoms with E-state index in [-0.39, 0.29) is 17.2 Å². The molecule has 17 heavy (non-hydrogen) atoms. The van der Waals surface area contributed by atoms with Gasteiger partial charge in [-0.05, 0) is 25.0 Å². The molecule has 1 saturated heterocycles. The van der Waals surface area contributed by atoms with Gasteiger partial charge in [0, 0.05) is 12.6 Å². The molecular formula is C12H15NO4. The van der Waals surface area contributed by atoms with Crippen LogP contribution in [0.15, 0.2) is 18.2 Å². The van der Waals surface area contributed by atoms with Crippen molar-refractivity contribution in [1.29, 1.82) is 0 Å². The lowest BCUT2D eigenvalue weighted by Gasteiger charge is -2.26. The molecule has 1 aromatic rings. The van der Waals surface area contributed by atoms with Crippen LogP contribution < -0.4 is 4.74 Å². The molecule has 0 radical (unpaired) electrons. The van der Waals surface area contributed by atoms with E-state index in [1.165, 1.54) is 24.3 Å². The molecule has 0 unspecified atom stereocenters. The Labute approximate surface area is 99.5 Å². The second kappa shape index (κ2) is 5.05. The third-order valence-electron chi connectivity index (χ3n) is 2.66. The fraction of sp³-hybridized carbons (Fsp3) is 0.417. The predicted molar refractivity (Wildman–Crippen MR) is 60.9 cm³/mol. The van der Waals surface area contributed by atoms with Crippen LogP contribution in [0, 0.1) is 0 Å². The first kappa shape index (κ1) is 11.7. The Balaban J connectivity index is 2.18. The summed E-state index contributed by atoms with van der Waals surface area (Å²) in [5.74, 6) is 0.104. The molecule has 1 amide bonds. The minimum atomic E-state index is -0.315. The fourth-order valence-electron chi connectivity index (χ4n) is 1.71. The van der Waals surface area contributed by atoms with Gasteiger partial charge >= 0.3 is 0 Å². The lowest BCUT2D eigenvalue weighted by atomic mass is 10.1. The first-order valence-corrected chi connectivity index (χ1v) is 5.54. The van der Waals surface area contributed by atoms with Crippen LogP contribution in [-0.2, 0) is 4.84 Å². The first-order chi connectivity index (χ1) is 8.22. The number of carbonyl (C=O) groups excluding carboxylic acids is 1. The lowest BCUT2D eigenvalue weighted by molar-refractivity contribution is -0.144. The van der Waals surface area contributed by atoms with Crippen LogP contribution in [0.25, 0.3) is 0 Å². The average molecular weight is 237 g/mol. The maximum atomic E-state index is 12.0. The molecule has 5 heteroatoms. The molecule has 1 heterocycles. The Kier molecular flexibility index (Phi) is 3.49. The topological polar surface area (TPSA) is 59.0 Å². The van der Waals surface area contributed by atoms with Gasteiger partial charge < -0.3 is 9.84 Å². The Morgan fingerprint density at radius 2 is 2.29 bits per heavy atom. The number of hydrogen-bond acceptors (Lipinski definition) is 4. The van der Waals surface area contributed by atoms with E-state index in [0.717, 1.165) is 12.8 Å². The standard InChI is InChI=1S/C12H15NO4/c1-16-9-4-5-10(11(14)8-9)12(15)13-6-2-3-7-17-13/h4-5,8,14H,2-3,6-7H2,1H3. The predicted octanol–water partition coefficient (Wildman–Crippen LogP) is 1.57. The molecule has 0 bridgehead atoms. The summed E-state index contributed by atoms with van der Waals surface area (Å²) in [6, 6.07) is 4.59. The van der Waals surface area contributed by atoms with Gasteiger partial charge in [-0.25, -0.2) is 5.06 Å². The number of carbonyl (C=O) groups is 1. The average Bonchev–Trinajstić information content (AvgIpc) is 2.39. The molecule has 1 fully saturated rings. The molecule has 0 aromatic heterocycles. The third kappa shape index (κ3) is 2.50. The molecular weight excluding hydrogens is 222 g/mol. The van der Waals surface area contributed by atoms with Crippen LogP contribution in [0.3, 0.4) is 0 Å². The zero-order valence-corrected chi connectivity index (χ0v) is 9.68. The zero-order chi connectivity index (χ0) is 12.3. The summed E-state index contributed by atoms with van der Waals surface area (Å²) in [6.07, 6.45) is 1.88. The molecule has 1 N–H and O–H groups in total. The van der Waals surface area contributed by atoms with E-state index in [9.17, 15) is 9.90 Å². The van der Waals surface area contributed by atoms with Crippen molar-refractivity contribution in [1.82, 2.24) is 5.06 Å². The molecule has 0 atom stereocenters. The van der Waals surface area contributed by atoms with Gasteiger partial charge in [0.05, 0.1) is 19.3 Å². The Morgan fingerprint density at radius 1 is 1.47 bits per heavy atom. The largest absolute Gasteiger partial charge is 0.507 e. The summed E-state index contributed by atoms with van der Waals surface area (Å²) in [5.41, 5.74) is 0.229. The van der Waals surface area contributed by atoms with Crippen molar-refractivity contribution in [3.8, 4) is 11.5 Å². The lowest BCUT2D eigenvalue weighted by Crippen LogP contribution is -2.35. The van der Waals surface area contributed by atoms with E-state index >= 15 is 0 Å². The molecule has 0 saturated carbocycles. The molecule has 0 aliphatic carbocycles. The highest BCUT2D eigenvalue weighted by Gasteiger charge is 2.22. The number of phenols is 1. The highest BCUT2D eigenvalue weighted by atomic mass is 16.7. The molecule has 1 aromatic carbocycles. The number of nitrogens with zero attached hydrogens (tertiary/aromatic N) is 1. The van der Waals surface area contributed by atoms with Crippen molar-refractivity contribution >= 4 is 5.91 Å². The number of rotatable bonds is 2. The zero-order valence-electron chi connectivity index (χ0n) is 9.68. The van der Waals surface area contributed by atoms with Crippen LogP contribution in [0.5, 0.6) is 11.5 Å². The smallest absolute Gasteiger partial charge is 0.281 e. The van der Waals surface area contributed by atoms with E-state index in [2.05, 4.69) is 0 Å². The Hall–Kier alpha value is -1.75. The van der Waals surface area contributed by atoms with Crippen molar-refractivity contribution < 1.29 is 19.5 Å². The number of ether oxygens (including phenoxy) is 1. The van der Waals surface area contributed by atoms with Crippen LogP contribution in [0.4, 0.5) is 0 Å². The molecule has 5 nitrogen and oxygen atoms in total. The highest BCUT2D eigenvalue weighted by Crippen LogP contribution is 2.25. The Bertz CT molecular complexity index is 413. The van der Waals surface area contributed by atoms with Gasteiger partial charge in [-0.2, -0.15) is 0 Å². The molecule has 92 valence electrons. The second-order valence-corrected chi connectivity index (χ2v) is 3.83. The van der Waals surface area contributed by atoms with Gasteiger partial charge in [0.15, 0.2) is 0 Å². The number of phenolic OH excluding ortho intramolecular Hbond substituents is 1. The minimum absolute atomic E-state index is 0.0940. The highest BCUT2D eigenvalue weighted by molar-refractivity contribution is 5.96. The summed E-state index contributed by atoms with van der Waals surface area (Å²) < 4.78 is 4.96. The second-order valence-electron chi connectivity index (χ2n) is 3.83. The molecule has 1 aliphatic heterocycles. The van der Waals surface area contributed by atoms with Gasteiger partial charge in [0.1, 0.15) is 11.5 Å². The number of hydrogen-bond donors (Lipinski definition) is 1. The SMILES string of the molecule is COc1ccc(C(=O)N2CCCCO2)c(O)c1. The number of amides is 1. The van der Waals surface area contributed by atoms with Crippen LogP contribution in [-0.4, -0.2) is 36.3 Å². The number of hydroxylamine groups is 2. The quantitative estimate of drug-likeness (QED) is 0.848. The molecule has 2 rings (SSSR count). The van der Waals surface area contributed by atoms with Gasteiger partial charge in [-0.15, -0.1) is 0 Å². The van der Waals surface area contributed by atoms with Crippen LogP contribution in [0.1, 0.15) is 23.2 Å². The van der Waals surface area contributed by atoms with E-state index in [0.29, 0.717) is 18.9 Å². The van der Waals surface area contributed by atoms with E-state index < -0.39 is 0 Å². The monoisotopic (exact) mass is 237 g/mol. The number of benzene rings is 1. The summed E-state index contributed by atoms with van der Waals surface area (Å²) in [4.78, 5) is 17.3. The Morgan fingerprint density at radius 3 is 2.88 bits per heavy atom. The minimum Gasteiger partial charge on any atom is -0.507 e. The summed E-state index contributed by atoms with van der Waals surface area (Å²) in [6.45, 7) is 1.10. The van der Waals surface area contributed by atoms with Gasteiger partial charge in [0.25, 0.3) is 5.91 Å². The maximum absolute atomic E-state index is 12.0. The summed E-state index contributed by atoms with van der Waals surface area (Å²) in [5, 5.41) is 11.0. The van der Waals surface area contributed by atoms with Gasteiger partial charge in [0.2, 0.25) is 0 Å². The molecule has 1 aliphatic rings. The van der Waals surface area contributed by atoms with E-state index in [1.807, 2.05) is 0 Å². The van der Waals surface area contributed by atoms with Gasteiger partial charge in [-0.3, -0.25) is 9.63 Å².